The third kappa shape index (κ3) is 5.89. The zero-order chi connectivity index (χ0) is 24.1. The summed E-state index contributed by atoms with van der Waals surface area (Å²) in [6, 6.07) is 3.13. The van der Waals surface area contributed by atoms with Gasteiger partial charge in [0.2, 0.25) is 5.88 Å². The summed E-state index contributed by atoms with van der Waals surface area (Å²) in [6.07, 6.45) is 2.51. The van der Waals surface area contributed by atoms with Crippen LogP contribution < -0.4 is 10.3 Å². The van der Waals surface area contributed by atoms with Crippen LogP contribution in [0.1, 0.15) is 22.8 Å². The second kappa shape index (κ2) is 10.5. The fourth-order valence-corrected chi connectivity index (χ4v) is 3.27. The van der Waals surface area contributed by atoms with Crippen molar-refractivity contribution in [2.75, 3.05) is 14.2 Å². The highest BCUT2D eigenvalue weighted by molar-refractivity contribution is 9.10. The van der Waals surface area contributed by atoms with E-state index >= 15 is 0 Å². The Balaban J connectivity index is 1.73. The molecular formula is C21H20BrF2N5O4. The summed E-state index contributed by atoms with van der Waals surface area (Å²) in [5.74, 6) is -1.12. The zero-order valence-electron chi connectivity index (χ0n) is 18.0. The van der Waals surface area contributed by atoms with Gasteiger partial charge in [0.25, 0.3) is 5.56 Å². The lowest BCUT2D eigenvalue weighted by Crippen LogP contribution is -2.27. The second-order valence-electron chi connectivity index (χ2n) is 7.02. The molecule has 33 heavy (non-hydrogen) atoms. The quantitative estimate of drug-likeness (QED) is 0.468. The lowest BCUT2D eigenvalue weighted by atomic mass is 10.2. The van der Waals surface area contributed by atoms with Crippen molar-refractivity contribution < 1.29 is 23.0 Å². The largest absolute Gasteiger partial charge is 0.472 e. The molecule has 9 nitrogen and oxygen atoms in total. The molecule has 12 heteroatoms. The van der Waals surface area contributed by atoms with Gasteiger partial charge in [-0.25, -0.2) is 13.6 Å². The van der Waals surface area contributed by atoms with E-state index in [1.54, 1.807) is 14.0 Å². The normalized spacial score (nSPS) is 10.7. The van der Waals surface area contributed by atoms with Gasteiger partial charge in [0.1, 0.15) is 28.5 Å². The molecule has 0 aliphatic heterocycles. The first kappa shape index (κ1) is 24.2. The number of hydrogen-bond donors (Lipinski definition) is 0. The van der Waals surface area contributed by atoms with Crippen molar-refractivity contribution in [1.29, 1.82) is 0 Å². The molecule has 0 saturated heterocycles. The third-order valence-electron chi connectivity index (χ3n) is 4.62. The summed E-state index contributed by atoms with van der Waals surface area (Å²) in [7, 11) is 2.86. The van der Waals surface area contributed by atoms with Crippen molar-refractivity contribution in [3.05, 3.63) is 79.8 Å². The Kier molecular flexibility index (Phi) is 7.69. The molecule has 0 fully saturated rings. The maximum Gasteiger partial charge on any atom is 0.409 e. The maximum atomic E-state index is 13.8. The summed E-state index contributed by atoms with van der Waals surface area (Å²) in [5, 5.41) is 0. The van der Waals surface area contributed by atoms with E-state index in [1.165, 1.54) is 35.0 Å². The van der Waals surface area contributed by atoms with E-state index in [4.69, 9.17) is 4.74 Å². The van der Waals surface area contributed by atoms with Gasteiger partial charge in [-0.05, 0) is 35.0 Å². The molecule has 1 aromatic carbocycles. The fourth-order valence-electron chi connectivity index (χ4n) is 2.85. The second-order valence-corrected chi connectivity index (χ2v) is 7.81. The summed E-state index contributed by atoms with van der Waals surface area (Å²) < 4.78 is 38.4. The molecule has 1 amide bonds. The van der Waals surface area contributed by atoms with Crippen LogP contribution in [-0.4, -0.2) is 44.7 Å². The number of halogens is 3. The third-order valence-corrected chi connectivity index (χ3v) is 5.30. The molecule has 0 atom stereocenters. The number of amides is 1. The first-order chi connectivity index (χ1) is 15.7. The van der Waals surface area contributed by atoms with Gasteiger partial charge in [0.05, 0.1) is 44.0 Å². The number of methoxy groups -OCH3 is 1. The molecule has 2 aromatic heterocycles. The van der Waals surface area contributed by atoms with Crippen molar-refractivity contribution in [1.82, 2.24) is 24.4 Å². The average Bonchev–Trinajstić information content (AvgIpc) is 2.79. The molecule has 0 spiro atoms. The van der Waals surface area contributed by atoms with Gasteiger partial charge >= 0.3 is 6.09 Å². The number of benzene rings is 1. The van der Waals surface area contributed by atoms with Crippen molar-refractivity contribution in [2.45, 2.75) is 26.6 Å². The van der Waals surface area contributed by atoms with Crippen LogP contribution in [0.5, 0.6) is 5.88 Å². The van der Waals surface area contributed by atoms with E-state index in [0.29, 0.717) is 17.2 Å². The van der Waals surface area contributed by atoms with Gasteiger partial charge in [-0.2, -0.15) is 4.98 Å². The molecular weight excluding hydrogens is 504 g/mol. The minimum absolute atomic E-state index is 0.00949. The molecule has 2 heterocycles. The summed E-state index contributed by atoms with van der Waals surface area (Å²) in [5.41, 5.74) is 0.751. The van der Waals surface area contributed by atoms with E-state index in [9.17, 15) is 18.4 Å². The lowest BCUT2D eigenvalue weighted by Gasteiger charge is -2.15. The molecule has 0 bridgehead atoms. The average molecular weight is 524 g/mol. The van der Waals surface area contributed by atoms with E-state index in [1.807, 2.05) is 0 Å². The highest BCUT2D eigenvalue weighted by atomic mass is 79.9. The topological polar surface area (TPSA) is 99.4 Å². The van der Waals surface area contributed by atoms with Gasteiger partial charge in [-0.1, -0.05) is 0 Å². The van der Waals surface area contributed by atoms with Gasteiger partial charge in [-0.15, -0.1) is 0 Å². The Labute approximate surface area is 196 Å². The Hall–Kier alpha value is -3.41. The van der Waals surface area contributed by atoms with Gasteiger partial charge in [0.15, 0.2) is 0 Å². The summed E-state index contributed by atoms with van der Waals surface area (Å²) >= 11 is 3.18. The highest BCUT2D eigenvalue weighted by Crippen LogP contribution is 2.21. The number of carbonyl (C=O) groups is 1. The number of nitrogens with zero attached hydrogens (tertiary/aromatic N) is 5. The zero-order valence-corrected chi connectivity index (χ0v) is 19.6. The van der Waals surface area contributed by atoms with E-state index in [-0.39, 0.29) is 35.6 Å². The van der Waals surface area contributed by atoms with Crippen LogP contribution in [0.2, 0.25) is 0 Å². The Morgan fingerprint density at radius 1 is 1.21 bits per heavy atom. The van der Waals surface area contributed by atoms with E-state index in [2.05, 4.69) is 35.6 Å². The van der Waals surface area contributed by atoms with Crippen LogP contribution in [0.3, 0.4) is 0 Å². The number of rotatable bonds is 7. The van der Waals surface area contributed by atoms with E-state index < -0.39 is 23.3 Å². The molecule has 0 aliphatic carbocycles. The van der Waals surface area contributed by atoms with Crippen LogP contribution in [0.15, 0.2) is 39.9 Å². The number of ether oxygens (including phenoxy) is 2. The van der Waals surface area contributed by atoms with Gasteiger partial charge in [0, 0.05) is 18.7 Å². The first-order valence-corrected chi connectivity index (χ1v) is 10.4. The monoisotopic (exact) mass is 523 g/mol. The number of aryl methyl sites for hydroxylation is 1. The molecule has 0 unspecified atom stereocenters. The van der Waals surface area contributed by atoms with Crippen LogP contribution in [0.4, 0.5) is 13.6 Å². The lowest BCUT2D eigenvalue weighted by molar-refractivity contribution is 0.130. The molecule has 174 valence electrons. The number of carbonyl (C=O) groups excluding carboxylic acids is 1. The maximum absolute atomic E-state index is 13.8. The van der Waals surface area contributed by atoms with Gasteiger partial charge in [-0.3, -0.25) is 19.3 Å². The molecule has 0 saturated carbocycles. The molecule has 3 aromatic rings. The molecule has 0 aliphatic rings. The van der Waals surface area contributed by atoms with Crippen LogP contribution in [0.25, 0.3) is 0 Å². The van der Waals surface area contributed by atoms with Crippen molar-refractivity contribution in [2.24, 2.45) is 0 Å². The molecule has 3 rings (SSSR count). The molecule has 0 N–H and O–H groups in total. The first-order valence-electron chi connectivity index (χ1n) is 9.62. The summed E-state index contributed by atoms with van der Waals surface area (Å²) in [4.78, 5) is 38.5. The van der Waals surface area contributed by atoms with Crippen molar-refractivity contribution in [3.63, 3.8) is 0 Å². The predicted octanol–water partition coefficient (Wildman–Crippen LogP) is 3.21. The SMILES string of the molecule is COC(=O)N(C)Cc1cnc(Cn2c(C)nc(OCc3ccc(F)cc3F)c(Br)c2=O)cn1. The standard InChI is InChI=1S/C21H20BrF2N5O4/c1-12-27-19(33-11-13-4-5-14(23)6-17(13)24)18(22)20(30)29(12)10-16-8-25-15(7-26-16)9-28(2)21(31)32-3/h4-8H,9-11H2,1-3H3. The summed E-state index contributed by atoms with van der Waals surface area (Å²) in [6.45, 7) is 1.70. The smallest absolute Gasteiger partial charge is 0.409 e. The Bertz CT molecular complexity index is 1220. The van der Waals surface area contributed by atoms with Crippen molar-refractivity contribution >= 4 is 22.0 Å². The van der Waals surface area contributed by atoms with E-state index in [0.717, 1.165) is 12.1 Å². The van der Waals surface area contributed by atoms with Gasteiger partial charge < -0.3 is 14.4 Å². The highest BCUT2D eigenvalue weighted by Gasteiger charge is 2.16. The van der Waals surface area contributed by atoms with Crippen LogP contribution in [-0.2, 0) is 24.4 Å². The minimum Gasteiger partial charge on any atom is -0.472 e. The fraction of sp³-hybridized carbons (Fsp3) is 0.286. The Morgan fingerprint density at radius 2 is 1.91 bits per heavy atom. The predicted molar refractivity (Wildman–Crippen MR) is 117 cm³/mol. The minimum atomic E-state index is -0.754. The number of hydrogen-bond acceptors (Lipinski definition) is 7. The van der Waals surface area contributed by atoms with Crippen LogP contribution in [0, 0.1) is 18.6 Å². The Morgan fingerprint density at radius 3 is 2.55 bits per heavy atom. The molecule has 0 radical (unpaired) electrons. The number of aromatic nitrogens is 4. The van der Waals surface area contributed by atoms with Crippen molar-refractivity contribution in [3.8, 4) is 5.88 Å². The van der Waals surface area contributed by atoms with Crippen LogP contribution >= 0.6 is 15.9 Å².